The fraction of sp³-hybridized carbons (Fsp3) is 0.800. The van der Waals surface area contributed by atoms with Crippen LogP contribution in [0.5, 0.6) is 0 Å². The number of hydrogen-bond acceptors (Lipinski definition) is 2. The van der Waals surface area contributed by atoms with Crippen molar-refractivity contribution in [2.45, 2.75) is 45.3 Å². The lowest BCUT2D eigenvalue weighted by Crippen LogP contribution is -2.40. The summed E-state index contributed by atoms with van der Waals surface area (Å²) in [6.45, 7) is 5.54. The molecule has 70 valence electrons. The molecule has 0 aliphatic heterocycles. The van der Waals surface area contributed by atoms with Crippen LogP contribution in [0.2, 0.25) is 0 Å². The number of aliphatic hydroxyl groups excluding tert-OH is 1. The third kappa shape index (κ3) is 2.08. The Labute approximate surface area is 73.9 Å². The van der Waals surface area contributed by atoms with Gasteiger partial charge in [-0.2, -0.15) is 0 Å². The van der Waals surface area contributed by atoms with E-state index in [1.807, 2.05) is 13.0 Å². The lowest BCUT2D eigenvalue weighted by atomic mass is 9.78. The first-order chi connectivity index (χ1) is 5.41. The Hall–Kier alpha value is -0.340. The van der Waals surface area contributed by atoms with Crippen molar-refractivity contribution in [1.29, 1.82) is 0 Å². The molecule has 0 saturated heterocycles. The van der Waals surface area contributed by atoms with E-state index in [1.165, 1.54) is 5.57 Å². The molecule has 2 heteroatoms. The normalized spacial score (nSPS) is 31.6. The average Bonchev–Trinajstić information content (AvgIpc) is 1.83. The zero-order chi connectivity index (χ0) is 9.35. The van der Waals surface area contributed by atoms with Crippen molar-refractivity contribution in [3.63, 3.8) is 0 Å². The highest BCUT2D eigenvalue weighted by Gasteiger charge is 2.33. The van der Waals surface area contributed by atoms with Gasteiger partial charge in [0.2, 0.25) is 0 Å². The molecule has 0 saturated carbocycles. The Kier molecular flexibility index (Phi) is 2.59. The molecule has 1 aliphatic carbocycles. The Balaban J connectivity index is 2.72. The predicted octanol–water partition coefficient (Wildman–Crippen LogP) is 1.47. The van der Waals surface area contributed by atoms with Gasteiger partial charge >= 0.3 is 0 Å². The molecule has 1 aliphatic rings. The minimum absolute atomic E-state index is 0.0128. The summed E-state index contributed by atoms with van der Waals surface area (Å²) in [5.74, 6) is -0.0128. The maximum Gasteiger partial charge on any atom is 0.0778 e. The molecule has 0 amide bonds. The number of hydrogen-bond donors (Lipinski definition) is 2. The molecule has 0 aromatic heterocycles. The van der Waals surface area contributed by atoms with Crippen LogP contribution in [0, 0.1) is 5.92 Å². The Morgan fingerprint density at radius 1 is 1.50 bits per heavy atom. The van der Waals surface area contributed by atoms with Crippen LogP contribution in [0.4, 0.5) is 0 Å². The first-order valence-electron chi connectivity index (χ1n) is 4.49. The van der Waals surface area contributed by atoms with Gasteiger partial charge in [-0.15, -0.1) is 0 Å². The van der Waals surface area contributed by atoms with Gasteiger partial charge in [0.25, 0.3) is 0 Å². The molecule has 0 fully saturated rings. The Morgan fingerprint density at radius 2 is 2.08 bits per heavy atom. The van der Waals surface area contributed by atoms with E-state index in [-0.39, 0.29) is 5.92 Å². The van der Waals surface area contributed by atoms with Crippen molar-refractivity contribution in [2.75, 3.05) is 0 Å². The second kappa shape index (κ2) is 3.19. The minimum Gasteiger partial charge on any atom is -0.390 e. The monoisotopic (exact) mass is 170 g/mol. The smallest absolute Gasteiger partial charge is 0.0778 e. The molecule has 0 spiro atoms. The molecule has 0 aromatic rings. The summed E-state index contributed by atoms with van der Waals surface area (Å²) in [6.07, 6.45) is 3.25. The molecular weight excluding hydrogens is 152 g/mol. The SMILES string of the molecule is CC1=C[C@H](O)[C@@H](C(C)(C)O)CC1. The number of aliphatic hydroxyl groups is 2. The summed E-state index contributed by atoms with van der Waals surface area (Å²) in [4.78, 5) is 0. The summed E-state index contributed by atoms with van der Waals surface area (Å²) in [5, 5.41) is 19.3. The van der Waals surface area contributed by atoms with E-state index < -0.39 is 11.7 Å². The second-order valence-electron chi connectivity index (χ2n) is 4.30. The number of allylic oxidation sites excluding steroid dienone is 1. The van der Waals surface area contributed by atoms with Gasteiger partial charge in [-0.25, -0.2) is 0 Å². The molecule has 0 aromatic carbocycles. The highest BCUT2D eigenvalue weighted by atomic mass is 16.3. The highest BCUT2D eigenvalue weighted by molar-refractivity contribution is 5.10. The van der Waals surface area contributed by atoms with E-state index in [1.54, 1.807) is 13.8 Å². The first-order valence-corrected chi connectivity index (χ1v) is 4.49. The standard InChI is InChI=1S/C10H18O2/c1-7-4-5-8(9(11)6-7)10(2,3)12/h6,8-9,11-12H,4-5H2,1-3H3/t8-,9-/m0/s1. The van der Waals surface area contributed by atoms with Crippen molar-refractivity contribution in [3.05, 3.63) is 11.6 Å². The van der Waals surface area contributed by atoms with E-state index in [2.05, 4.69) is 0 Å². The van der Waals surface area contributed by atoms with E-state index in [4.69, 9.17) is 0 Å². The highest BCUT2D eigenvalue weighted by Crippen LogP contribution is 2.31. The molecule has 2 atom stereocenters. The summed E-state index contributed by atoms with van der Waals surface area (Å²) >= 11 is 0. The minimum atomic E-state index is -0.767. The van der Waals surface area contributed by atoms with Crippen LogP contribution in [-0.4, -0.2) is 21.9 Å². The van der Waals surface area contributed by atoms with E-state index >= 15 is 0 Å². The van der Waals surface area contributed by atoms with Crippen molar-refractivity contribution in [3.8, 4) is 0 Å². The molecule has 0 unspecified atom stereocenters. The lowest BCUT2D eigenvalue weighted by molar-refractivity contribution is -0.0378. The third-order valence-electron chi connectivity index (χ3n) is 2.62. The maximum absolute atomic E-state index is 9.71. The van der Waals surface area contributed by atoms with E-state index in [9.17, 15) is 10.2 Å². The van der Waals surface area contributed by atoms with Crippen molar-refractivity contribution >= 4 is 0 Å². The largest absolute Gasteiger partial charge is 0.390 e. The molecule has 2 nitrogen and oxygen atoms in total. The van der Waals surface area contributed by atoms with Gasteiger partial charge in [-0.1, -0.05) is 11.6 Å². The zero-order valence-electron chi connectivity index (χ0n) is 8.04. The van der Waals surface area contributed by atoms with Crippen molar-refractivity contribution < 1.29 is 10.2 Å². The average molecular weight is 170 g/mol. The lowest BCUT2D eigenvalue weighted by Gasteiger charge is -2.35. The maximum atomic E-state index is 9.71. The summed E-state index contributed by atoms with van der Waals surface area (Å²) in [6, 6.07) is 0. The fourth-order valence-corrected chi connectivity index (χ4v) is 1.82. The van der Waals surface area contributed by atoms with Crippen molar-refractivity contribution in [2.24, 2.45) is 5.92 Å². The van der Waals surface area contributed by atoms with Crippen LogP contribution in [0.25, 0.3) is 0 Å². The molecule has 0 heterocycles. The van der Waals surface area contributed by atoms with Crippen LogP contribution in [-0.2, 0) is 0 Å². The molecule has 0 radical (unpaired) electrons. The van der Waals surface area contributed by atoms with Gasteiger partial charge in [0.15, 0.2) is 0 Å². The summed E-state index contributed by atoms with van der Waals surface area (Å²) in [7, 11) is 0. The molecule has 1 rings (SSSR count). The summed E-state index contributed by atoms with van der Waals surface area (Å²) < 4.78 is 0. The van der Waals surface area contributed by atoms with Crippen LogP contribution in [0.1, 0.15) is 33.6 Å². The summed E-state index contributed by atoms with van der Waals surface area (Å²) in [5.41, 5.74) is 0.458. The molecular formula is C10H18O2. The van der Waals surface area contributed by atoms with Gasteiger partial charge in [0.1, 0.15) is 0 Å². The zero-order valence-corrected chi connectivity index (χ0v) is 8.04. The predicted molar refractivity (Wildman–Crippen MR) is 48.8 cm³/mol. The van der Waals surface area contributed by atoms with E-state index in [0.717, 1.165) is 12.8 Å². The topological polar surface area (TPSA) is 40.5 Å². The number of rotatable bonds is 1. The van der Waals surface area contributed by atoms with Gasteiger partial charge in [0, 0.05) is 5.92 Å². The second-order valence-corrected chi connectivity index (χ2v) is 4.30. The molecule has 0 bridgehead atoms. The van der Waals surface area contributed by atoms with Crippen LogP contribution in [0.15, 0.2) is 11.6 Å². The quantitative estimate of drug-likeness (QED) is 0.585. The van der Waals surface area contributed by atoms with Gasteiger partial charge < -0.3 is 10.2 Å². The molecule has 12 heavy (non-hydrogen) atoms. The van der Waals surface area contributed by atoms with E-state index in [0.29, 0.717) is 0 Å². The van der Waals surface area contributed by atoms with Crippen LogP contribution in [0.3, 0.4) is 0 Å². The van der Waals surface area contributed by atoms with Gasteiger partial charge in [-0.05, 0) is 33.6 Å². The first kappa shape index (κ1) is 9.75. The fourth-order valence-electron chi connectivity index (χ4n) is 1.82. The third-order valence-corrected chi connectivity index (χ3v) is 2.62. The van der Waals surface area contributed by atoms with Crippen LogP contribution < -0.4 is 0 Å². The molecule has 2 N–H and O–H groups in total. The van der Waals surface area contributed by atoms with Crippen molar-refractivity contribution in [1.82, 2.24) is 0 Å². The Bertz CT molecular complexity index is 189. The van der Waals surface area contributed by atoms with Gasteiger partial charge in [0.05, 0.1) is 11.7 Å². The van der Waals surface area contributed by atoms with Gasteiger partial charge in [-0.3, -0.25) is 0 Å². The Morgan fingerprint density at radius 3 is 2.50 bits per heavy atom. The van der Waals surface area contributed by atoms with Crippen LogP contribution >= 0.6 is 0 Å².